The third-order valence-corrected chi connectivity index (χ3v) is 3.95. The van der Waals surface area contributed by atoms with E-state index in [-0.39, 0.29) is 6.61 Å². The molecule has 1 aromatic rings. The standard InChI is InChI=1S/C8H8BrClO3S/c9-8-6(10)3-5(14-8)1-2-13-4-7(11)12/h3H,1-2,4H2,(H,11,12). The molecule has 0 aliphatic rings. The normalized spacial score (nSPS) is 10.4. The second kappa shape index (κ2) is 5.70. The highest BCUT2D eigenvalue weighted by Crippen LogP contribution is 2.32. The van der Waals surface area contributed by atoms with Crippen LogP contribution in [0.2, 0.25) is 5.02 Å². The summed E-state index contributed by atoms with van der Waals surface area (Å²) in [5.41, 5.74) is 0. The quantitative estimate of drug-likeness (QED) is 0.851. The minimum atomic E-state index is -0.949. The van der Waals surface area contributed by atoms with Crippen molar-refractivity contribution >= 4 is 44.8 Å². The molecule has 1 N–H and O–H groups in total. The lowest BCUT2D eigenvalue weighted by atomic mass is 10.4. The minimum Gasteiger partial charge on any atom is -0.480 e. The fourth-order valence-electron chi connectivity index (χ4n) is 0.847. The van der Waals surface area contributed by atoms with Crippen LogP contribution in [0.4, 0.5) is 0 Å². The summed E-state index contributed by atoms with van der Waals surface area (Å²) in [7, 11) is 0. The molecular formula is C8H8BrClO3S. The van der Waals surface area contributed by atoms with Crippen molar-refractivity contribution in [2.45, 2.75) is 6.42 Å². The second-order valence-corrected chi connectivity index (χ2v) is 5.39. The zero-order chi connectivity index (χ0) is 10.6. The average molecular weight is 300 g/mol. The van der Waals surface area contributed by atoms with Crippen LogP contribution in [0.5, 0.6) is 0 Å². The minimum absolute atomic E-state index is 0.250. The molecule has 0 radical (unpaired) electrons. The fraction of sp³-hybridized carbons (Fsp3) is 0.375. The van der Waals surface area contributed by atoms with Gasteiger partial charge in [-0.3, -0.25) is 0 Å². The molecule has 1 heterocycles. The molecule has 14 heavy (non-hydrogen) atoms. The molecule has 0 spiro atoms. The Hall–Kier alpha value is -0.100. The maximum atomic E-state index is 10.1. The molecule has 0 aliphatic carbocycles. The second-order valence-electron chi connectivity index (χ2n) is 2.53. The van der Waals surface area contributed by atoms with E-state index in [2.05, 4.69) is 15.9 Å². The van der Waals surface area contributed by atoms with Gasteiger partial charge in [0.05, 0.1) is 15.4 Å². The summed E-state index contributed by atoms with van der Waals surface area (Å²) in [4.78, 5) is 11.2. The number of aliphatic carboxylic acids is 1. The van der Waals surface area contributed by atoms with Crippen molar-refractivity contribution in [3.8, 4) is 0 Å². The number of carboxylic acid groups (broad SMARTS) is 1. The van der Waals surface area contributed by atoms with Gasteiger partial charge in [0, 0.05) is 11.3 Å². The van der Waals surface area contributed by atoms with Gasteiger partial charge >= 0.3 is 5.97 Å². The van der Waals surface area contributed by atoms with Crippen LogP contribution in [0.15, 0.2) is 9.85 Å². The number of hydrogen-bond donors (Lipinski definition) is 1. The Morgan fingerprint density at radius 2 is 2.43 bits per heavy atom. The zero-order valence-corrected chi connectivity index (χ0v) is 10.3. The molecule has 0 bridgehead atoms. The molecule has 0 atom stereocenters. The van der Waals surface area contributed by atoms with Crippen molar-refractivity contribution in [3.63, 3.8) is 0 Å². The van der Waals surface area contributed by atoms with E-state index in [4.69, 9.17) is 21.4 Å². The van der Waals surface area contributed by atoms with Gasteiger partial charge < -0.3 is 9.84 Å². The van der Waals surface area contributed by atoms with Gasteiger partial charge in [-0.1, -0.05) is 11.6 Å². The molecule has 6 heteroatoms. The lowest BCUT2D eigenvalue weighted by Crippen LogP contribution is -2.08. The highest BCUT2D eigenvalue weighted by Gasteiger charge is 2.04. The summed E-state index contributed by atoms with van der Waals surface area (Å²) in [6, 6.07) is 1.85. The molecule has 0 aliphatic heterocycles. The van der Waals surface area contributed by atoms with Crippen LogP contribution >= 0.6 is 38.9 Å². The van der Waals surface area contributed by atoms with E-state index in [0.717, 1.165) is 8.66 Å². The lowest BCUT2D eigenvalue weighted by molar-refractivity contribution is -0.142. The Morgan fingerprint density at radius 1 is 1.71 bits per heavy atom. The van der Waals surface area contributed by atoms with Gasteiger partial charge in [-0.05, 0) is 22.0 Å². The number of ether oxygens (including phenoxy) is 1. The summed E-state index contributed by atoms with van der Waals surface area (Å²) >= 11 is 10.7. The molecule has 3 nitrogen and oxygen atoms in total. The van der Waals surface area contributed by atoms with E-state index < -0.39 is 5.97 Å². The SMILES string of the molecule is O=C(O)COCCc1cc(Cl)c(Br)s1. The topological polar surface area (TPSA) is 46.5 Å². The van der Waals surface area contributed by atoms with E-state index in [1.165, 1.54) is 11.3 Å². The summed E-state index contributed by atoms with van der Waals surface area (Å²) in [5, 5.41) is 8.99. The van der Waals surface area contributed by atoms with Crippen LogP contribution in [-0.2, 0) is 16.0 Å². The Morgan fingerprint density at radius 3 is 2.93 bits per heavy atom. The van der Waals surface area contributed by atoms with Crippen LogP contribution in [0, 0.1) is 0 Å². The van der Waals surface area contributed by atoms with Crippen molar-refractivity contribution in [1.82, 2.24) is 0 Å². The lowest BCUT2D eigenvalue weighted by Gasteiger charge is -1.98. The smallest absolute Gasteiger partial charge is 0.329 e. The number of carbonyl (C=O) groups is 1. The molecule has 0 saturated heterocycles. The maximum absolute atomic E-state index is 10.1. The molecule has 0 saturated carbocycles. The number of halogens is 2. The Bertz CT molecular complexity index is 307. The Kier molecular flexibility index (Phi) is 4.88. The van der Waals surface area contributed by atoms with E-state index in [1.54, 1.807) is 0 Å². The first kappa shape index (κ1) is 12.0. The van der Waals surface area contributed by atoms with Gasteiger partial charge in [-0.25, -0.2) is 4.79 Å². The largest absolute Gasteiger partial charge is 0.480 e. The molecule has 1 aromatic heterocycles. The predicted molar refractivity (Wildman–Crippen MR) is 59.2 cm³/mol. The van der Waals surface area contributed by atoms with E-state index >= 15 is 0 Å². The number of thiophene rings is 1. The van der Waals surface area contributed by atoms with E-state index in [0.29, 0.717) is 18.1 Å². The first-order valence-electron chi connectivity index (χ1n) is 3.83. The first-order valence-corrected chi connectivity index (χ1v) is 5.81. The summed E-state index contributed by atoms with van der Waals surface area (Å²) in [6.45, 7) is 0.149. The van der Waals surface area contributed by atoms with Gasteiger partial charge in [-0.15, -0.1) is 11.3 Å². The molecular weight excluding hydrogens is 292 g/mol. The molecule has 0 fully saturated rings. The average Bonchev–Trinajstić information content (AvgIpc) is 2.40. The van der Waals surface area contributed by atoms with Crippen molar-refractivity contribution in [3.05, 3.63) is 19.8 Å². The molecule has 78 valence electrons. The summed E-state index contributed by atoms with van der Waals surface area (Å²) < 4.78 is 5.79. The molecule has 0 amide bonds. The Labute approximate surface area is 98.8 Å². The highest BCUT2D eigenvalue weighted by molar-refractivity contribution is 9.11. The van der Waals surface area contributed by atoms with Crippen molar-refractivity contribution in [1.29, 1.82) is 0 Å². The summed E-state index contributed by atoms with van der Waals surface area (Å²) in [6.07, 6.45) is 0.684. The molecule has 0 aromatic carbocycles. The van der Waals surface area contributed by atoms with E-state index in [1.807, 2.05) is 6.07 Å². The van der Waals surface area contributed by atoms with Crippen LogP contribution < -0.4 is 0 Å². The van der Waals surface area contributed by atoms with Crippen LogP contribution in [0.25, 0.3) is 0 Å². The van der Waals surface area contributed by atoms with E-state index in [9.17, 15) is 4.79 Å². The Balaban J connectivity index is 2.28. The van der Waals surface area contributed by atoms with Crippen molar-refractivity contribution in [2.24, 2.45) is 0 Å². The van der Waals surface area contributed by atoms with Crippen LogP contribution in [0.1, 0.15) is 4.88 Å². The highest BCUT2D eigenvalue weighted by atomic mass is 79.9. The third-order valence-electron chi connectivity index (χ3n) is 1.41. The number of hydrogen-bond acceptors (Lipinski definition) is 3. The zero-order valence-electron chi connectivity index (χ0n) is 7.13. The molecule has 0 unspecified atom stereocenters. The van der Waals surface area contributed by atoms with Gasteiger partial charge in [0.2, 0.25) is 0 Å². The van der Waals surface area contributed by atoms with Gasteiger partial charge in [0.15, 0.2) is 0 Å². The van der Waals surface area contributed by atoms with Gasteiger partial charge in [0.25, 0.3) is 0 Å². The van der Waals surface area contributed by atoms with Crippen molar-refractivity contribution < 1.29 is 14.6 Å². The van der Waals surface area contributed by atoms with Crippen LogP contribution in [-0.4, -0.2) is 24.3 Å². The summed E-state index contributed by atoms with van der Waals surface area (Å²) in [5.74, 6) is -0.949. The first-order chi connectivity index (χ1) is 6.59. The van der Waals surface area contributed by atoms with Gasteiger partial charge in [0.1, 0.15) is 6.61 Å². The predicted octanol–water partition coefficient (Wildman–Crippen LogP) is 2.81. The molecule has 1 rings (SSSR count). The van der Waals surface area contributed by atoms with Crippen LogP contribution in [0.3, 0.4) is 0 Å². The van der Waals surface area contributed by atoms with Gasteiger partial charge in [-0.2, -0.15) is 0 Å². The maximum Gasteiger partial charge on any atom is 0.329 e. The fourth-order valence-corrected chi connectivity index (χ4v) is 2.65. The third kappa shape index (κ3) is 3.96. The number of carboxylic acids is 1. The number of rotatable bonds is 5. The van der Waals surface area contributed by atoms with Crippen molar-refractivity contribution in [2.75, 3.05) is 13.2 Å². The monoisotopic (exact) mass is 298 g/mol.